The Morgan fingerprint density at radius 1 is 1.06 bits per heavy atom. The minimum Gasteiger partial charge on any atom is -0.508 e. The molecule has 2 rings (SSSR count). The third kappa shape index (κ3) is 10.2. The standard InChI is InChI=1S/C29H39NO4/c1-5-6-8-14-24-19-27(31)26(18-17-23(4)13-11-12-22(2)3)28(20-24)33-21-34-29(32)30-25-15-9-7-10-16-25/h7,9-10,12,15-17,19-20,31H,5-6,8,11,13-14,18,21H2,1-4H3,(H,30,32)/b23-17+. The van der Waals surface area contributed by atoms with E-state index in [9.17, 15) is 9.90 Å². The van der Waals surface area contributed by atoms with E-state index < -0.39 is 6.09 Å². The summed E-state index contributed by atoms with van der Waals surface area (Å²) in [6.07, 6.45) is 10.5. The number of carbonyl (C=O) groups is 1. The molecule has 0 aliphatic heterocycles. The lowest BCUT2D eigenvalue weighted by Crippen LogP contribution is -2.17. The summed E-state index contributed by atoms with van der Waals surface area (Å²) in [5.41, 5.74) is 4.94. The van der Waals surface area contributed by atoms with E-state index in [0.717, 1.165) is 44.1 Å². The minimum absolute atomic E-state index is 0.214. The maximum absolute atomic E-state index is 12.1. The summed E-state index contributed by atoms with van der Waals surface area (Å²) < 4.78 is 11.0. The third-order valence-electron chi connectivity index (χ3n) is 5.48. The highest BCUT2D eigenvalue weighted by Gasteiger charge is 2.13. The molecular formula is C29H39NO4. The summed E-state index contributed by atoms with van der Waals surface area (Å²) >= 11 is 0. The molecular weight excluding hydrogens is 426 g/mol. The summed E-state index contributed by atoms with van der Waals surface area (Å²) in [4.78, 5) is 12.1. The molecule has 0 aliphatic rings. The van der Waals surface area contributed by atoms with E-state index in [-0.39, 0.29) is 12.5 Å². The van der Waals surface area contributed by atoms with Crippen molar-refractivity contribution in [2.24, 2.45) is 0 Å². The number of rotatable bonds is 13. The molecule has 0 unspecified atom stereocenters. The number of hydrogen-bond donors (Lipinski definition) is 2. The lowest BCUT2D eigenvalue weighted by atomic mass is 10.0. The highest BCUT2D eigenvalue weighted by Crippen LogP contribution is 2.32. The lowest BCUT2D eigenvalue weighted by molar-refractivity contribution is 0.0680. The fourth-order valence-electron chi connectivity index (χ4n) is 3.53. The molecule has 0 bridgehead atoms. The lowest BCUT2D eigenvalue weighted by Gasteiger charge is -2.15. The molecule has 0 atom stereocenters. The van der Waals surface area contributed by atoms with Crippen LogP contribution in [0.5, 0.6) is 11.5 Å². The van der Waals surface area contributed by atoms with Gasteiger partial charge in [0.25, 0.3) is 0 Å². The predicted octanol–water partition coefficient (Wildman–Crippen LogP) is 7.95. The topological polar surface area (TPSA) is 67.8 Å². The van der Waals surface area contributed by atoms with Gasteiger partial charge < -0.3 is 14.6 Å². The number of phenolic OH excluding ortho intramolecular Hbond substituents is 1. The predicted molar refractivity (Wildman–Crippen MR) is 140 cm³/mol. The number of anilines is 1. The summed E-state index contributed by atoms with van der Waals surface area (Å²) in [6, 6.07) is 12.9. The number of carbonyl (C=O) groups excluding carboxylic acids is 1. The Labute approximate surface area is 204 Å². The van der Waals surface area contributed by atoms with Crippen molar-refractivity contribution < 1.29 is 19.4 Å². The first-order chi connectivity index (χ1) is 16.4. The van der Waals surface area contributed by atoms with Crippen molar-refractivity contribution in [1.29, 1.82) is 0 Å². The van der Waals surface area contributed by atoms with Gasteiger partial charge in [-0.25, -0.2) is 4.79 Å². The smallest absolute Gasteiger partial charge is 0.414 e. The van der Waals surface area contributed by atoms with Gasteiger partial charge in [-0.1, -0.05) is 61.3 Å². The molecule has 2 aromatic carbocycles. The second kappa shape index (κ2) is 14.8. The fraction of sp³-hybridized carbons (Fsp3) is 0.414. The number of aromatic hydroxyl groups is 1. The molecule has 184 valence electrons. The zero-order chi connectivity index (χ0) is 24.8. The van der Waals surface area contributed by atoms with Crippen LogP contribution in [0.2, 0.25) is 0 Å². The van der Waals surface area contributed by atoms with Gasteiger partial charge >= 0.3 is 6.09 Å². The molecule has 2 aromatic rings. The van der Waals surface area contributed by atoms with Crippen LogP contribution >= 0.6 is 0 Å². The van der Waals surface area contributed by atoms with Crippen LogP contribution in [0, 0.1) is 0 Å². The number of hydrogen-bond acceptors (Lipinski definition) is 4. The van der Waals surface area contributed by atoms with Gasteiger partial charge in [0.15, 0.2) is 0 Å². The van der Waals surface area contributed by atoms with Gasteiger partial charge in [-0.15, -0.1) is 0 Å². The number of para-hydroxylation sites is 1. The molecule has 1 amide bonds. The molecule has 0 saturated heterocycles. The SMILES string of the molecule is CCCCCc1cc(O)c(C/C=C(\C)CCC=C(C)C)c(OCOC(=O)Nc2ccccc2)c1. The van der Waals surface area contributed by atoms with Crippen LogP contribution in [0.25, 0.3) is 0 Å². The number of phenols is 1. The summed E-state index contributed by atoms with van der Waals surface area (Å²) in [5, 5.41) is 13.4. The Bertz CT molecular complexity index is 960. The monoisotopic (exact) mass is 465 g/mol. The van der Waals surface area contributed by atoms with Crippen molar-refractivity contribution in [2.75, 3.05) is 12.1 Å². The van der Waals surface area contributed by atoms with E-state index in [0.29, 0.717) is 23.4 Å². The molecule has 0 spiro atoms. The second-order valence-electron chi connectivity index (χ2n) is 8.81. The van der Waals surface area contributed by atoms with Crippen LogP contribution < -0.4 is 10.1 Å². The average molecular weight is 466 g/mol. The van der Waals surface area contributed by atoms with E-state index in [1.165, 1.54) is 11.1 Å². The Kier molecular flexibility index (Phi) is 11.8. The summed E-state index contributed by atoms with van der Waals surface area (Å²) in [6.45, 7) is 8.23. The van der Waals surface area contributed by atoms with E-state index in [1.807, 2.05) is 30.3 Å². The molecule has 5 heteroatoms. The molecule has 0 saturated carbocycles. The average Bonchev–Trinajstić information content (AvgIpc) is 2.79. The van der Waals surface area contributed by atoms with E-state index in [2.05, 4.69) is 45.2 Å². The minimum atomic E-state index is -0.592. The molecule has 2 N–H and O–H groups in total. The van der Waals surface area contributed by atoms with Gasteiger partial charge in [0.05, 0.1) is 0 Å². The number of amides is 1. The number of unbranched alkanes of at least 4 members (excludes halogenated alkanes) is 2. The van der Waals surface area contributed by atoms with Crippen LogP contribution in [0.15, 0.2) is 65.8 Å². The molecule has 0 radical (unpaired) electrons. The van der Waals surface area contributed by atoms with Crippen LogP contribution in [-0.4, -0.2) is 18.0 Å². The van der Waals surface area contributed by atoms with Crippen LogP contribution in [0.4, 0.5) is 10.5 Å². The highest BCUT2D eigenvalue weighted by molar-refractivity contribution is 5.84. The van der Waals surface area contributed by atoms with Gasteiger partial charge in [0, 0.05) is 11.3 Å². The number of aryl methyl sites for hydroxylation is 1. The molecule has 0 heterocycles. The molecule has 0 aromatic heterocycles. The van der Waals surface area contributed by atoms with Gasteiger partial charge in [-0.2, -0.15) is 0 Å². The Balaban J connectivity index is 2.07. The fourth-order valence-corrected chi connectivity index (χ4v) is 3.53. The second-order valence-corrected chi connectivity index (χ2v) is 8.81. The zero-order valence-electron chi connectivity index (χ0n) is 21.0. The van der Waals surface area contributed by atoms with Crippen LogP contribution in [0.3, 0.4) is 0 Å². The first kappa shape index (κ1) is 27.0. The van der Waals surface area contributed by atoms with Crippen molar-refractivity contribution >= 4 is 11.8 Å². The Morgan fingerprint density at radius 3 is 2.53 bits per heavy atom. The maximum Gasteiger partial charge on any atom is 0.414 e. The highest BCUT2D eigenvalue weighted by atomic mass is 16.7. The zero-order valence-corrected chi connectivity index (χ0v) is 21.0. The Morgan fingerprint density at radius 2 is 1.82 bits per heavy atom. The van der Waals surface area contributed by atoms with E-state index in [4.69, 9.17) is 9.47 Å². The van der Waals surface area contributed by atoms with Crippen LogP contribution in [-0.2, 0) is 17.6 Å². The van der Waals surface area contributed by atoms with Gasteiger partial charge in [-0.3, -0.25) is 5.32 Å². The van der Waals surface area contributed by atoms with Crippen molar-refractivity contribution in [2.45, 2.75) is 72.6 Å². The van der Waals surface area contributed by atoms with Crippen molar-refractivity contribution in [3.8, 4) is 11.5 Å². The maximum atomic E-state index is 12.1. The quantitative estimate of drug-likeness (QED) is 0.179. The Hall–Kier alpha value is -3.21. The van der Waals surface area contributed by atoms with E-state index in [1.54, 1.807) is 12.1 Å². The number of benzene rings is 2. The van der Waals surface area contributed by atoms with Crippen LogP contribution in [0.1, 0.15) is 70.9 Å². The first-order valence-corrected chi connectivity index (χ1v) is 12.1. The molecule has 5 nitrogen and oxygen atoms in total. The number of nitrogens with one attached hydrogen (secondary N) is 1. The summed E-state index contributed by atoms with van der Waals surface area (Å²) in [5.74, 6) is 0.762. The first-order valence-electron chi connectivity index (χ1n) is 12.1. The van der Waals surface area contributed by atoms with Gasteiger partial charge in [0.2, 0.25) is 6.79 Å². The molecule has 34 heavy (non-hydrogen) atoms. The van der Waals surface area contributed by atoms with Crippen molar-refractivity contribution in [3.05, 3.63) is 76.9 Å². The van der Waals surface area contributed by atoms with Crippen molar-refractivity contribution in [3.63, 3.8) is 0 Å². The number of allylic oxidation sites excluding steroid dienone is 4. The number of ether oxygens (including phenoxy) is 2. The largest absolute Gasteiger partial charge is 0.508 e. The van der Waals surface area contributed by atoms with Gasteiger partial charge in [0.1, 0.15) is 11.5 Å². The van der Waals surface area contributed by atoms with Crippen molar-refractivity contribution in [1.82, 2.24) is 0 Å². The summed E-state index contributed by atoms with van der Waals surface area (Å²) in [7, 11) is 0. The van der Waals surface area contributed by atoms with Gasteiger partial charge in [-0.05, 0) is 82.7 Å². The van der Waals surface area contributed by atoms with E-state index >= 15 is 0 Å². The molecule has 0 aliphatic carbocycles. The third-order valence-corrected chi connectivity index (χ3v) is 5.48. The normalized spacial score (nSPS) is 11.1. The molecule has 0 fully saturated rings.